The van der Waals surface area contributed by atoms with Crippen molar-refractivity contribution in [2.75, 3.05) is 0 Å². The van der Waals surface area contributed by atoms with E-state index in [0.717, 1.165) is 56.9 Å². The van der Waals surface area contributed by atoms with Crippen LogP contribution in [0.2, 0.25) is 0 Å². The average molecular weight is 407 g/mol. The van der Waals surface area contributed by atoms with Crippen LogP contribution in [0.5, 0.6) is 0 Å². The van der Waals surface area contributed by atoms with Crippen LogP contribution >= 0.6 is 0 Å². The molecule has 0 aliphatic heterocycles. The highest BCUT2D eigenvalue weighted by Crippen LogP contribution is 2.19. The van der Waals surface area contributed by atoms with Crippen molar-refractivity contribution in [1.82, 2.24) is 0 Å². The number of unbranched alkanes of at least 4 members (excludes halogenated alkanes) is 9. The standard InChI is InChI=1S/C25H42O4/c1-2-3-11-18-23(26)24(29-21-22-16-12-10-13-17-22)19-14-8-6-4-5-7-9-15-20-25(27)28/h10,12-13,16-17,23-24,26H,2-9,11,14-15,18-21H2,1H3,(H,27,28). The molecule has 0 aliphatic rings. The molecule has 0 amide bonds. The second kappa shape index (κ2) is 17.5. The van der Waals surface area contributed by atoms with E-state index in [9.17, 15) is 9.90 Å². The summed E-state index contributed by atoms with van der Waals surface area (Å²) in [6, 6.07) is 10.2. The Labute approximate surface area is 177 Å². The van der Waals surface area contributed by atoms with Crippen molar-refractivity contribution in [3.8, 4) is 0 Å². The maximum absolute atomic E-state index is 10.6. The Morgan fingerprint density at radius 3 is 2.07 bits per heavy atom. The number of carbonyl (C=O) groups is 1. The van der Waals surface area contributed by atoms with Crippen molar-refractivity contribution in [2.24, 2.45) is 0 Å². The fraction of sp³-hybridized carbons (Fsp3) is 0.720. The van der Waals surface area contributed by atoms with Gasteiger partial charge in [0.25, 0.3) is 0 Å². The SMILES string of the molecule is CCCCCC(O)C(CCCCCCCCCCC(=O)O)OCc1ccccc1. The molecule has 0 bridgehead atoms. The number of carboxylic acids is 1. The number of aliphatic carboxylic acids is 1. The predicted octanol–water partition coefficient (Wildman–Crippen LogP) is 6.50. The molecule has 0 fully saturated rings. The van der Waals surface area contributed by atoms with Crippen molar-refractivity contribution >= 4 is 5.97 Å². The molecule has 0 saturated heterocycles. The number of benzene rings is 1. The van der Waals surface area contributed by atoms with Crippen LogP contribution < -0.4 is 0 Å². The van der Waals surface area contributed by atoms with Crippen LogP contribution in [0.25, 0.3) is 0 Å². The maximum atomic E-state index is 10.6. The number of aliphatic hydroxyl groups excluding tert-OH is 1. The minimum absolute atomic E-state index is 0.0805. The van der Waals surface area contributed by atoms with Gasteiger partial charge in [-0.2, -0.15) is 0 Å². The molecule has 4 heteroatoms. The van der Waals surface area contributed by atoms with Crippen LogP contribution in [-0.4, -0.2) is 28.4 Å². The smallest absolute Gasteiger partial charge is 0.303 e. The van der Waals surface area contributed by atoms with Gasteiger partial charge >= 0.3 is 5.97 Å². The molecule has 29 heavy (non-hydrogen) atoms. The lowest BCUT2D eigenvalue weighted by atomic mass is 9.99. The van der Waals surface area contributed by atoms with Gasteiger partial charge < -0.3 is 14.9 Å². The third-order valence-electron chi connectivity index (χ3n) is 5.47. The molecule has 1 rings (SSSR count). The Hall–Kier alpha value is -1.39. The van der Waals surface area contributed by atoms with Crippen molar-refractivity contribution < 1.29 is 19.7 Å². The van der Waals surface area contributed by atoms with E-state index < -0.39 is 5.97 Å². The lowest BCUT2D eigenvalue weighted by molar-refractivity contribution is -0.137. The molecule has 2 atom stereocenters. The lowest BCUT2D eigenvalue weighted by Gasteiger charge is -2.24. The van der Waals surface area contributed by atoms with E-state index in [1.807, 2.05) is 18.2 Å². The maximum Gasteiger partial charge on any atom is 0.303 e. The van der Waals surface area contributed by atoms with Gasteiger partial charge in [-0.25, -0.2) is 0 Å². The van der Waals surface area contributed by atoms with Crippen molar-refractivity contribution in [3.05, 3.63) is 35.9 Å². The Morgan fingerprint density at radius 1 is 0.862 bits per heavy atom. The van der Waals surface area contributed by atoms with Gasteiger partial charge in [0, 0.05) is 6.42 Å². The minimum atomic E-state index is -0.689. The third kappa shape index (κ3) is 14.3. The van der Waals surface area contributed by atoms with E-state index in [2.05, 4.69) is 19.1 Å². The first-order valence-electron chi connectivity index (χ1n) is 11.7. The summed E-state index contributed by atoms with van der Waals surface area (Å²) in [7, 11) is 0. The largest absolute Gasteiger partial charge is 0.481 e. The van der Waals surface area contributed by atoms with E-state index >= 15 is 0 Å². The number of carboxylic acid groups (broad SMARTS) is 1. The molecule has 0 saturated carbocycles. The van der Waals surface area contributed by atoms with Crippen LogP contribution in [0.3, 0.4) is 0 Å². The van der Waals surface area contributed by atoms with Crippen LogP contribution in [0.1, 0.15) is 102 Å². The Balaban J connectivity index is 2.21. The molecule has 2 unspecified atom stereocenters. The number of hydrogen-bond donors (Lipinski definition) is 2. The highest BCUT2D eigenvalue weighted by Gasteiger charge is 2.19. The fourth-order valence-electron chi connectivity index (χ4n) is 3.64. The monoisotopic (exact) mass is 406 g/mol. The normalized spacial score (nSPS) is 13.3. The summed E-state index contributed by atoms with van der Waals surface area (Å²) < 4.78 is 6.11. The Kier molecular flexibility index (Phi) is 15.4. The van der Waals surface area contributed by atoms with Crippen molar-refractivity contribution in [2.45, 2.75) is 116 Å². The van der Waals surface area contributed by atoms with E-state index in [0.29, 0.717) is 13.0 Å². The molecular formula is C25H42O4. The highest BCUT2D eigenvalue weighted by molar-refractivity contribution is 5.66. The van der Waals surface area contributed by atoms with Gasteiger partial charge in [0.1, 0.15) is 0 Å². The first-order chi connectivity index (χ1) is 14.1. The summed E-state index contributed by atoms with van der Waals surface area (Å²) in [6.45, 7) is 2.74. The summed E-state index contributed by atoms with van der Waals surface area (Å²) in [5, 5.41) is 19.2. The molecule has 0 spiro atoms. The summed E-state index contributed by atoms with van der Waals surface area (Å²) in [4.78, 5) is 10.5. The number of hydrogen-bond acceptors (Lipinski definition) is 3. The molecule has 166 valence electrons. The van der Waals surface area contributed by atoms with Crippen molar-refractivity contribution in [1.29, 1.82) is 0 Å². The van der Waals surface area contributed by atoms with E-state index in [1.54, 1.807) is 0 Å². The first-order valence-corrected chi connectivity index (χ1v) is 11.7. The number of ether oxygens (including phenoxy) is 1. The van der Waals surface area contributed by atoms with Gasteiger partial charge in [-0.05, 0) is 24.8 Å². The van der Waals surface area contributed by atoms with Crippen LogP contribution in [0.15, 0.2) is 30.3 Å². The van der Waals surface area contributed by atoms with Gasteiger partial charge in [-0.15, -0.1) is 0 Å². The van der Waals surface area contributed by atoms with Crippen LogP contribution in [0, 0.1) is 0 Å². The minimum Gasteiger partial charge on any atom is -0.481 e. The van der Waals surface area contributed by atoms with Gasteiger partial charge in [0.2, 0.25) is 0 Å². The van der Waals surface area contributed by atoms with Gasteiger partial charge in [0.15, 0.2) is 0 Å². The zero-order chi connectivity index (χ0) is 21.2. The molecule has 0 aromatic heterocycles. The van der Waals surface area contributed by atoms with Crippen molar-refractivity contribution in [3.63, 3.8) is 0 Å². The van der Waals surface area contributed by atoms with Crippen LogP contribution in [-0.2, 0) is 16.1 Å². The zero-order valence-electron chi connectivity index (χ0n) is 18.4. The Morgan fingerprint density at radius 2 is 1.45 bits per heavy atom. The fourth-order valence-corrected chi connectivity index (χ4v) is 3.64. The van der Waals surface area contributed by atoms with Gasteiger partial charge in [-0.1, -0.05) is 101 Å². The second-order valence-electron chi connectivity index (χ2n) is 8.16. The molecule has 0 aliphatic carbocycles. The molecular weight excluding hydrogens is 364 g/mol. The first kappa shape index (κ1) is 25.6. The van der Waals surface area contributed by atoms with Gasteiger partial charge in [0.05, 0.1) is 18.8 Å². The summed E-state index contributed by atoms with van der Waals surface area (Å²) in [6.07, 6.45) is 13.8. The number of aliphatic hydroxyl groups is 1. The predicted molar refractivity (Wildman–Crippen MR) is 119 cm³/mol. The molecule has 4 nitrogen and oxygen atoms in total. The van der Waals surface area contributed by atoms with E-state index in [1.165, 1.54) is 32.1 Å². The Bertz CT molecular complexity index is 503. The zero-order valence-corrected chi connectivity index (χ0v) is 18.4. The summed E-state index contributed by atoms with van der Waals surface area (Å²) >= 11 is 0. The summed E-state index contributed by atoms with van der Waals surface area (Å²) in [5.41, 5.74) is 1.15. The second-order valence-corrected chi connectivity index (χ2v) is 8.16. The van der Waals surface area contributed by atoms with Gasteiger partial charge in [-0.3, -0.25) is 4.79 Å². The molecule has 2 N–H and O–H groups in total. The third-order valence-corrected chi connectivity index (χ3v) is 5.47. The topological polar surface area (TPSA) is 66.8 Å². The van der Waals surface area contributed by atoms with E-state index in [-0.39, 0.29) is 12.2 Å². The summed E-state index contributed by atoms with van der Waals surface area (Å²) in [5.74, 6) is -0.689. The quantitative estimate of drug-likeness (QED) is 0.257. The average Bonchev–Trinajstić information content (AvgIpc) is 2.72. The molecule has 0 radical (unpaired) electrons. The molecule has 1 aromatic carbocycles. The lowest BCUT2D eigenvalue weighted by Crippen LogP contribution is -2.29. The van der Waals surface area contributed by atoms with E-state index in [4.69, 9.17) is 9.84 Å². The highest BCUT2D eigenvalue weighted by atomic mass is 16.5. The molecule has 0 heterocycles. The molecule has 1 aromatic rings. The van der Waals surface area contributed by atoms with Crippen LogP contribution in [0.4, 0.5) is 0 Å². The number of rotatable bonds is 19.